The topological polar surface area (TPSA) is 21.3 Å². The number of methoxy groups -OCH3 is 1. The highest BCUT2D eigenvalue weighted by atomic mass is 16.5. The van der Waals surface area contributed by atoms with Crippen molar-refractivity contribution in [2.75, 3.05) is 20.2 Å². The number of nitrogens with one attached hydrogen (secondary N) is 1. The Morgan fingerprint density at radius 3 is 3.18 bits per heavy atom. The van der Waals surface area contributed by atoms with E-state index in [9.17, 15) is 0 Å². The Morgan fingerprint density at radius 2 is 2.41 bits per heavy atom. The van der Waals surface area contributed by atoms with Crippen LogP contribution in [0.15, 0.2) is 18.2 Å². The average molecular weight is 229 g/mol. The van der Waals surface area contributed by atoms with Crippen LogP contribution in [0.5, 0.6) is 5.75 Å². The Kier molecular flexibility index (Phi) is 4.06. The molecular formula is C15H19NO. The van der Waals surface area contributed by atoms with Crippen LogP contribution in [-0.4, -0.2) is 20.2 Å². The van der Waals surface area contributed by atoms with Gasteiger partial charge in [0.1, 0.15) is 5.75 Å². The molecule has 0 fully saturated rings. The molecule has 0 aromatic heterocycles. The maximum Gasteiger partial charge on any atom is 0.122 e. The molecule has 2 rings (SSSR count). The van der Waals surface area contributed by atoms with E-state index in [1.807, 2.05) is 0 Å². The number of rotatable bonds is 4. The summed E-state index contributed by atoms with van der Waals surface area (Å²) in [7, 11) is 1.75. The SMILES string of the molecule is C#CCNC[C@@H]1CCCc2c(OC)cccc21. The van der Waals surface area contributed by atoms with Gasteiger partial charge in [-0.15, -0.1) is 6.42 Å². The van der Waals surface area contributed by atoms with Crippen molar-refractivity contribution in [3.8, 4) is 18.1 Å². The molecule has 1 atom stereocenters. The normalized spacial score (nSPS) is 18.2. The van der Waals surface area contributed by atoms with Gasteiger partial charge in [0.15, 0.2) is 0 Å². The van der Waals surface area contributed by atoms with Crippen molar-refractivity contribution in [3.05, 3.63) is 29.3 Å². The summed E-state index contributed by atoms with van der Waals surface area (Å²) in [6.07, 6.45) is 8.85. The highest BCUT2D eigenvalue weighted by Crippen LogP contribution is 2.36. The molecule has 2 nitrogen and oxygen atoms in total. The third-order valence-electron chi connectivity index (χ3n) is 3.43. The minimum atomic E-state index is 0.571. The third-order valence-corrected chi connectivity index (χ3v) is 3.43. The van der Waals surface area contributed by atoms with Gasteiger partial charge in [0.25, 0.3) is 0 Å². The molecule has 0 aliphatic heterocycles. The van der Waals surface area contributed by atoms with Gasteiger partial charge in [-0.3, -0.25) is 0 Å². The van der Waals surface area contributed by atoms with Gasteiger partial charge in [-0.1, -0.05) is 18.1 Å². The zero-order valence-electron chi connectivity index (χ0n) is 10.3. The number of ether oxygens (including phenoxy) is 1. The van der Waals surface area contributed by atoms with E-state index in [1.165, 1.54) is 24.0 Å². The molecule has 0 radical (unpaired) electrons. The van der Waals surface area contributed by atoms with Gasteiger partial charge in [-0.05, 0) is 42.4 Å². The second-order valence-corrected chi connectivity index (χ2v) is 4.45. The molecule has 1 aromatic rings. The van der Waals surface area contributed by atoms with Crippen LogP contribution in [0.4, 0.5) is 0 Å². The summed E-state index contributed by atoms with van der Waals surface area (Å²) in [5, 5.41) is 3.31. The first-order valence-electron chi connectivity index (χ1n) is 6.16. The summed E-state index contributed by atoms with van der Waals surface area (Å²) in [5.41, 5.74) is 2.81. The van der Waals surface area contributed by atoms with E-state index < -0.39 is 0 Å². The Labute approximate surface area is 103 Å². The molecule has 1 aliphatic rings. The molecule has 1 aliphatic carbocycles. The molecule has 1 N–H and O–H groups in total. The minimum absolute atomic E-state index is 0.571. The van der Waals surface area contributed by atoms with Gasteiger partial charge in [0, 0.05) is 6.54 Å². The molecule has 0 heterocycles. The van der Waals surface area contributed by atoms with Gasteiger partial charge < -0.3 is 10.1 Å². The first-order valence-corrected chi connectivity index (χ1v) is 6.16. The molecule has 0 spiro atoms. The van der Waals surface area contributed by atoms with E-state index in [0.717, 1.165) is 18.7 Å². The molecule has 1 aromatic carbocycles. The predicted molar refractivity (Wildman–Crippen MR) is 70.4 cm³/mol. The van der Waals surface area contributed by atoms with Crippen molar-refractivity contribution >= 4 is 0 Å². The minimum Gasteiger partial charge on any atom is -0.496 e. The van der Waals surface area contributed by atoms with Gasteiger partial charge >= 0.3 is 0 Å². The summed E-state index contributed by atoms with van der Waals surface area (Å²) in [5.74, 6) is 4.22. The molecule has 17 heavy (non-hydrogen) atoms. The molecule has 0 bridgehead atoms. The van der Waals surface area contributed by atoms with Crippen molar-refractivity contribution in [3.63, 3.8) is 0 Å². The van der Waals surface area contributed by atoms with Gasteiger partial charge in [0.05, 0.1) is 13.7 Å². The van der Waals surface area contributed by atoms with E-state index in [2.05, 4.69) is 29.4 Å². The smallest absolute Gasteiger partial charge is 0.122 e. The van der Waals surface area contributed by atoms with Crippen LogP contribution in [0.1, 0.15) is 29.9 Å². The maximum atomic E-state index is 5.43. The van der Waals surface area contributed by atoms with Crippen LogP contribution in [-0.2, 0) is 6.42 Å². The Balaban J connectivity index is 2.17. The second-order valence-electron chi connectivity index (χ2n) is 4.45. The van der Waals surface area contributed by atoms with E-state index in [4.69, 9.17) is 11.2 Å². The van der Waals surface area contributed by atoms with Crippen LogP contribution in [0.2, 0.25) is 0 Å². The highest BCUT2D eigenvalue weighted by molar-refractivity contribution is 5.43. The maximum absolute atomic E-state index is 5.43. The van der Waals surface area contributed by atoms with Crippen LogP contribution in [0, 0.1) is 12.3 Å². The van der Waals surface area contributed by atoms with Crippen molar-refractivity contribution in [2.24, 2.45) is 0 Å². The molecule has 0 amide bonds. The Bertz CT molecular complexity index is 419. The largest absolute Gasteiger partial charge is 0.496 e. The van der Waals surface area contributed by atoms with Crippen molar-refractivity contribution in [1.82, 2.24) is 5.32 Å². The monoisotopic (exact) mass is 229 g/mol. The molecule has 0 saturated carbocycles. The van der Waals surface area contributed by atoms with Crippen LogP contribution >= 0.6 is 0 Å². The lowest BCUT2D eigenvalue weighted by Crippen LogP contribution is -2.24. The summed E-state index contributed by atoms with van der Waals surface area (Å²) >= 11 is 0. The lowest BCUT2D eigenvalue weighted by molar-refractivity contribution is 0.402. The second kappa shape index (κ2) is 5.75. The standard InChI is InChI=1S/C15H19NO/c1-3-10-16-11-12-6-4-8-14-13(12)7-5-9-15(14)17-2/h1,5,7,9,12,16H,4,6,8,10-11H2,2H3/t12-/m0/s1. The Morgan fingerprint density at radius 1 is 1.53 bits per heavy atom. The summed E-state index contributed by atoms with van der Waals surface area (Å²) in [4.78, 5) is 0. The van der Waals surface area contributed by atoms with E-state index in [0.29, 0.717) is 12.5 Å². The van der Waals surface area contributed by atoms with Crippen LogP contribution in [0.3, 0.4) is 0 Å². The van der Waals surface area contributed by atoms with Crippen LogP contribution in [0.25, 0.3) is 0 Å². The zero-order chi connectivity index (χ0) is 12.1. The molecular weight excluding hydrogens is 210 g/mol. The number of fused-ring (bicyclic) bond motifs is 1. The number of hydrogen-bond acceptors (Lipinski definition) is 2. The van der Waals surface area contributed by atoms with Crippen molar-refractivity contribution in [2.45, 2.75) is 25.2 Å². The summed E-state index contributed by atoms with van der Waals surface area (Å²) < 4.78 is 5.43. The molecule has 2 heteroatoms. The predicted octanol–water partition coefficient (Wildman–Crippen LogP) is 2.34. The fourth-order valence-corrected chi connectivity index (χ4v) is 2.64. The van der Waals surface area contributed by atoms with E-state index >= 15 is 0 Å². The number of hydrogen-bond donors (Lipinski definition) is 1. The van der Waals surface area contributed by atoms with E-state index in [1.54, 1.807) is 7.11 Å². The number of benzene rings is 1. The fourth-order valence-electron chi connectivity index (χ4n) is 2.64. The lowest BCUT2D eigenvalue weighted by Gasteiger charge is -2.26. The van der Waals surface area contributed by atoms with Crippen molar-refractivity contribution < 1.29 is 4.74 Å². The highest BCUT2D eigenvalue weighted by Gasteiger charge is 2.21. The molecule has 90 valence electrons. The quantitative estimate of drug-likeness (QED) is 0.632. The van der Waals surface area contributed by atoms with Gasteiger partial charge in [-0.25, -0.2) is 0 Å². The van der Waals surface area contributed by atoms with Gasteiger partial charge in [-0.2, -0.15) is 0 Å². The average Bonchev–Trinajstić information content (AvgIpc) is 2.38. The first-order chi connectivity index (χ1) is 8.36. The first kappa shape index (κ1) is 12.0. The summed E-state index contributed by atoms with van der Waals surface area (Å²) in [6.45, 7) is 1.61. The fraction of sp³-hybridized carbons (Fsp3) is 0.467. The zero-order valence-corrected chi connectivity index (χ0v) is 10.3. The third kappa shape index (κ3) is 2.62. The molecule has 0 unspecified atom stereocenters. The van der Waals surface area contributed by atoms with Gasteiger partial charge in [0.2, 0.25) is 0 Å². The number of terminal acetylenes is 1. The van der Waals surface area contributed by atoms with Crippen molar-refractivity contribution in [1.29, 1.82) is 0 Å². The molecule has 0 saturated heterocycles. The summed E-state index contributed by atoms with van der Waals surface area (Å²) in [6, 6.07) is 6.35. The lowest BCUT2D eigenvalue weighted by atomic mass is 9.82. The van der Waals surface area contributed by atoms with E-state index in [-0.39, 0.29) is 0 Å². The Hall–Kier alpha value is -1.46. The van der Waals surface area contributed by atoms with Crippen LogP contribution < -0.4 is 10.1 Å².